The van der Waals surface area contributed by atoms with E-state index in [9.17, 15) is 9.59 Å². The normalized spacial score (nSPS) is 15.5. The molecule has 6 nitrogen and oxygen atoms in total. The van der Waals surface area contributed by atoms with Gasteiger partial charge < -0.3 is 14.5 Å². The van der Waals surface area contributed by atoms with E-state index in [1.54, 1.807) is 4.90 Å². The molecule has 0 bridgehead atoms. The first-order chi connectivity index (χ1) is 11.6. The van der Waals surface area contributed by atoms with E-state index in [1.165, 1.54) is 0 Å². The Hall–Kier alpha value is -2.63. The maximum absolute atomic E-state index is 13.0. The van der Waals surface area contributed by atoms with Crippen molar-refractivity contribution in [3.8, 4) is 11.3 Å². The standard InChI is InChI=1S/C18H20N2O4/c1-2-14-15(16(19-24-14)12-6-4-3-5-7-12)17(21)20-10-8-13(9-11-20)18(22)23/h3-7,13H,2,8-11H2,1H3,(H,22,23). The van der Waals surface area contributed by atoms with Crippen molar-refractivity contribution in [2.75, 3.05) is 13.1 Å². The van der Waals surface area contributed by atoms with Gasteiger partial charge in [0.2, 0.25) is 0 Å². The zero-order valence-corrected chi connectivity index (χ0v) is 13.6. The second kappa shape index (κ2) is 6.86. The van der Waals surface area contributed by atoms with E-state index < -0.39 is 5.97 Å². The molecule has 1 fully saturated rings. The van der Waals surface area contributed by atoms with Crippen LogP contribution in [-0.2, 0) is 11.2 Å². The number of benzene rings is 1. The second-order valence-corrected chi connectivity index (χ2v) is 5.95. The lowest BCUT2D eigenvalue weighted by atomic mass is 9.96. The van der Waals surface area contributed by atoms with Gasteiger partial charge in [0.15, 0.2) is 0 Å². The number of carboxylic acid groups (broad SMARTS) is 1. The van der Waals surface area contributed by atoms with Crippen LogP contribution < -0.4 is 0 Å². The number of hydrogen-bond acceptors (Lipinski definition) is 4. The molecule has 1 aromatic heterocycles. The molecule has 3 rings (SSSR count). The number of hydrogen-bond donors (Lipinski definition) is 1. The SMILES string of the molecule is CCc1onc(-c2ccccc2)c1C(=O)N1CCC(C(=O)O)CC1. The highest BCUT2D eigenvalue weighted by Gasteiger charge is 2.31. The summed E-state index contributed by atoms with van der Waals surface area (Å²) in [5.74, 6) is -0.711. The molecule has 0 aliphatic carbocycles. The van der Waals surface area contributed by atoms with Crippen LogP contribution in [0.1, 0.15) is 35.9 Å². The molecule has 1 amide bonds. The third kappa shape index (κ3) is 3.04. The predicted molar refractivity (Wildman–Crippen MR) is 87.6 cm³/mol. The fraction of sp³-hybridized carbons (Fsp3) is 0.389. The number of piperidine rings is 1. The average Bonchev–Trinajstić information content (AvgIpc) is 3.06. The smallest absolute Gasteiger partial charge is 0.306 e. The maximum Gasteiger partial charge on any atom is 0.306 e. The number of rotatable bonds is 4. The summed E-state index contributed by atoms with van der Waals surface area (Å²) in [6.45, 7) is 2.81. The van der Waals surface area contributed by atoms with Crippen LogP contribution >= 0.6 is 0 Å². The summed E-state index contributed by atoms with van der Waals surface area (Å²) in [4.78, 5) is 25.8. The highest BCUT2D eigenvalue weighted by Crippen LogP contribution is 2.28. The van der Waals surface area contributed by atoms with E-state index in [0.717, 1.165) is 5.56 Å². The average molecular weight is 328 g/mol. The molecule has 1 N–H and O–H groups in total. The van der Waals surface area contributed by atoms with Crippen molar-refractivity contribution in [2.24, 2.45) is 5.92 Å². The Morgan fingerprint density at radius 3 is 2.50 bits per heavy atom. The first-order valence-electron chi connectivity index (χ1n) is 8.17. The molecule has 1 aromatic carbocycles. The Balaban J connectivity index is 1.87. The zero-order valence-electron chi connectivity index (χ0n) is 13.6. The highest BCUT2D eigenvalue weighted by molar-refractivity contribution is 6.01. The third-order valence-corrected chi connectivity index (χ3v) is 4.48. The number of aryl methyl sites for hydroxylation is 1. The molecule has 1 aliphatic rings. The van der Waals surface area contributed by atoms with Gasteiger partial charge in [0, 0.05) is 25.1 Å². The van der Waals surface area contributed by atoms with E-state index >= 15 is 0 Å². The van der Waals surface area contributed by atoms with Gasteiger partial charge in [-0.3, -0.25) is 9.59 Å². The Kier molecular flexibility index (Phi) is 4.64. The number of carbonyl (C=O) groups is 2. The number of aliphatic carboxylic acids is 1. The molecule has 1 saturated heterocycles. The summed E-state index contributed by atoms with van der Waals surface area (Å²) >= 11 is 0. The number of aromatic nitrogens is 1. The lowest BCUT2D eigenvalue weighted by Crippen LogP contribution is -2.40. The van der Waals surface area contributed by atoms with Gasteiger partial charge in [0.25, 0.3) is 5.91 Å². The van der Waals surface area contributed by atoms with Gasteiger partial charge in [-0.25, -0.2) is 0 Å². The lowest BCUT2D eigenvalue weighted by Gasteiger charge is -2.30. The van der Waals surface area contributed by atoms with Gasteiger partial charge in [-0.05, 0) is 12.8 Å². The molecule has 2 aromatic rings. The summed E-state index contributed by atoms with van der Waals surface area (Å²) in [7, 11) is 0. The number of carboxylic acids is 1. The maximum atomic E-state index is 13.0. The van der Waals surface area contributed by atoms with Gasteiger partial charge in [0.1, 0.15) is 17.0 Å². The molecule has 0 unspecified atom stereocenters. The summed E-state index contributed by atoms with van der Waals surface area (Å²) < 4.78 is 5.38. The van der Waals surface area contributed by atoms with Gasteiger partial charge in [0.05, 0.1) is 5.92 Å². The molecule has 1 aliphatic heterocycles. The third-order valence-electron chi connectivity index (χ3n) is 4.48. The van der Waals surface area contributed by atoms with Crippen molar-refractivity contribution in [3.05, 3.63) is 41.7 Å². The Labute approximate surface area is 140 Å². The number of nitrogens with zero attached hydrogens (tertiary/aromatic N) is 2. The predicted octanol–water partition coefficient (Wildman–Crippen LogP) is 2.84. The zero-order chi connectivity index (χ0) is 17.1. The van der Waals surface area contributed by atoms with Crippen molar-refractivity contribution >= 4 is 11.9 Å². The summed E-state index contributed by atoms with van der Waals surface area (Å²) in [6.07, 6.45) is 1.54. The Morgan fingerprint density at radius 2 is 1.92 bits per heavy atom. The van der Waals surface area contributed by atoms with Crippen LogP contribution in [0.15, 0.2) is 34.9 Å². The van der Waals surface area contributed by atoms with Crippen LogP contribution in [0.3, 0.4) is 0 Å². The Morgan fingerprint density at radius 1 is 1.25 bits per heavy atom. The van der Waals surface area contributed by atoms with E-state index in [2.05, 4.69) is 5.16 Å². The van der Waals surface area contributed by atoms with E-state index in [-0.39, 0.29) is 11.8 Å². The van der Waals surface area contributed by atoms with Gasteiger partial charge in [-0.2, -0.15) is 0 Å². The highest BCUT2D eigenvalue weighted by atomic mass is 16.5. The number of likely N-dealkylation sites (tertiary alicyclic amines) is 1. The molecule has 0 radical (unpaired) electrons. The first-order valence-corrected chi connectivity index (χ1v) is 8.17. The first kappa shape index (κ1) is 16.2. The van der Waals surface area contributed by atoms with E-state index in [1.807, 2.05) is 37.3 Å². The van der Waals surface area contributed by atoms with Crippen LogP contribution in [0, 0.1) is 5.92 Å². The Bertz CT molecular complexity index is 731. The molecule has 6 heteroatoms. The minimum absolute atomic E-state index is 0.129. The number of amides is 1. The second-order valence-electron chi connectivity index (χ2n) is 5.95. The monoisotopic (exact) mass is 328 g/mol. The van der Waals surface area contributed by atoms with Crippen molar-refractivity contribution in [1.82, 2.24) is 10.1 Å². The van der Waals surface area contributed by atoms with Gasteiger partial charge in [-0.1, -0.05) is 42.4 Å². The molecule has 2 heterocycles. The van der Waals surface area contributed by atoms with Crippen LogP contribution in [-0.4, -0.2) is 40.1 Å². The molecule has 0 saturated carbocycles. The molecular weight excluding hydrogens is 308 g/mol. The topological polar surface area (TPSA) is 83.6 Å². The molecule has 24 heavy (non-hydrogen) atoms. The van der Waals surface area contributed by atoms with E-state index in [4.69, 9.17) is 9.63 Å². The molecule has 0 spiro atoms. The van der Waals surface area contributed by atoms with Crippen molar-refractivity contribution < 1.29 is 19.2 Å². The molecular formula is C18H20N2O4. The lowest BCUT2D eigenvalue weighted by molar-refractivity contribution is -0.143. The summed E-state index contributed by atoms with van der Waals surface area (Å²) in [5.41, 5.74) is 1.89. The fourth-order valence-corrected chi connectivity index (χ4v) is 3.07. The van der Waals surface area contributed by atoms with Crippen molar-refractivity contribution in [3.63, 3.8) is 0 Å². The fourth-order valence-electron chi connectivity index (χ4n) is 3.07. The minimum atomic E-state index is -0.786. The van der Waals surface area contributed by atoms with Crippen molar-refractivity contribution in [1.29, 1.82) is 0 Å². The van der Waals surface area contributed by atoms with Gasteiger partial charge >= 0.3 is 5.97 Å². The van der Waals surface area contributed by atoms with Crippen LogP contribution in [0.5, 0.6) is 0 Å². The quantitative estimate of drug-likeness (QED) is 0.933. The molecule has 126 valence electrons. The van der Waals surface area contributed by atoms with Crippen LogP contribution in [0.25, 0.3) is 11.3 Å². The van der Waals surface area contributed by atoms with Gasteiger partial charge in [-0.15, -0.1) is 0 Å². The molecule has 0 atom stereocenters. The summed E-state index contributed by atoms with van der Waals surface area (Å²) in [6, 6.07) is 9.47. The largest absolute Gasteiger partial charge is 0.481 e. The minimum Gasteiger partial charge on any atom is -0.481 e. The van der Waals surface area contributed by atoms with E-state index in [0.29, 0.717) is 49.4 Å². The summed E-state index contributed by atoms with van der Waals surface area (Å²) in [5, 5.41) is 13.2. The van der Waals surface area contributed by atoms with Crippen molar-refractivity contribution in [2.45, 2.75) is 26.2 Å². The van der Waals surface area contributed by atoms with Crippen LogP contribution in [0.2, 0.25) is 0 Å². The number of carbonyl (C=O) groups excluding carboxylic acids is 1. The van der Waals surface area contributed by atoms with Crippen LogP contribution in [0.4, 0.5) is 0 Å².